The molecule has 1 spiro atoms. The van der Waals surface area contributed by atoms with Crippen molar-refractivity contribution in [1.82, 2.24) is 0 Å². The minimum absolute atomic E-state index is 0.369. The zero-order chi connectivity index (χ0) is 19.9. The summed E-state index contributed by atoms with van der Waals surface area (Å²) in [6, 6.07) is 14.2. The van der Waals surface area contributed by atoms with Gasteiger partial charge in [-0.3, -0.25) is 14.9 Å². The smallest absolute Gasteiger partial charge is 0.298 e. The maximum atomic E-state index is 13.5. The molecule has 1 amide bonds. The van der Waals surface area contributed by atoms with Gasteiger partial charge in [0, 0.05) is 10.5 Å². The number of benzene rings is 2. The first kappa shape index (κ1) is 18.0. The monoisotopic (exact) mass is 381 g/mol. The number of anilines is 1. The van der Waals surface area contributed by atoms with Crippen LogP contribution in [-0.2, 0) is 4.79 Å². The fourth-order valence-corrected chi connectivity index (χ4v) is 3.86. The molecule has 0 unspecified atom stereocenters. The summed E-state index contributed by atoms with van der Waals surface area (Å²) in [5.41, 5.74) is -0.0150. The Morgan fingerprint density at radius 3 is 2.68 bits per heavy atom. The largest absolute Gasteiger partial charge is 0.490 e. The number of hydrazone groups is 1. The Labute approximate surface area is 161 Å². The van der Waals surface area contributed by atoms with Crippen molar-refractivity contribution in [2.75, 3.05) is 18.2 Å². The fraction of sp³-hybridized carbons (Fsp3) is 0.300. The molecule has 0 fully saturated rings. The Balaban J connectivity index is 1.83. The zero-order valence-electron chi connectivity index (χ0n) is 15.5. The van der Waals surface area contributed by atoms with Gasteiger partial charge in [0.2, 0.25) is 12.1 Å². The normalized spacial score (nSPS) is 22.8. The number of carbonyl (C=O) groups is 1. The highest BCUT2D eigenvalue weighted by molar-refractivity contribution is 6.23. The average molecular weight is 381 g/mol. The van der Waals surface area contributed by atoms with Crippen LogP contribution in [0.15, 0.2) is 53.6 Å². The van der Waals surface area contributed by atoms with Crippen molar-refractivity contribution in [2.24, 2.45) is 5.10 Å². The molecule has 2 aromatic carbocycles. The third-order valence-corrected chi connectivity index (χ3v) is 5.07. The molecule has 0 saturated heterocycles. The fourth-order valence-electron chi connectivity index (χ4n) is 3.86. The molecule has 28 heavy (non-hydrogen) atoms. The van der Waals surface area contributed by atoms with Gasteiger partial charge in [0.25, 0.3) is 5.91 Å². The van der Waals surface area contributed by atoms with Crippen LogP contribution in [0, 0.1) is 10.1 Å². The van der Waals surface area contributed by atoms with Gasteiger partial charge in [-0.25, -0.2) is 0 Å². The van der Waals surface area contributed by atoms with E-state index in [4.69, 9.17) is 9.47 Å². The Hall–Kier alpha value is -3.42. The number of para-hydroxylation sites is 2. The van der Waals surface area contributed by atoms with Crippen LogP contribution in [0.2, 0.25) is 0 Å². The first-order valence-corrected chi connectivity index (χ1v) is 9.00. The molecular formula is C20H19N3O5. The number of hydrogen-bond acceptors (Lipinski definition) is 6. The Morgan fingerprint density at radius 2 is 2.00 bits per heavy atom. The van der Waals surface area contributed by atoms with Gasteiger partial charge >= 0.3 is 0 Å². The molecule has 2 heterocycles. The summed E-state index contributed by atoms with van der Waals surface area (Å²) in [4.78, 5) is 24.5. The van der Waals surface area contributed by atoms with Crippen LogP contribution in [0.3, 0.4) is 0 Å². The topological polar surface area (TPSA) is 94.3 Å². The van der Waals surface area contributed by atoms with Gasteiger partial charge in [-0.15, -0.1) is 0 Å². The average Bonchev–Trinajstić information content (AvgIpc) is 3.14. The minimum atomic E-state index is -1.56. The molecule has 4 rings (SSSR count). The lowest BCUT2D eigenvalue weighted by Gasteiger charge is -2.27. The summed E-state index contributed by atoms with van der Waals surface area (Å²) in [5, 5.41) is 17.1. The van der Waals surface area contributed by atoms with Crippen molar-refractivity contribution >= 4 is 17.3 Å². The third kappa shape index (κ3) is 2.52. The summed E-state index contributed by atoms with van der Waals surface area (Å²) in [6.45, 7) is 3.46. The van der Waals surface area contributed by atoms with Crippen LogP contribution < -0.4 is 14.5 Å². The van der Waals surface area contributed by atoms with E-state index in [-0.39, 0.29) is 0 Å². The molecule has 0 saturated carbocycles. The van der Waals surface area contributed by atoms with Crippen LogP contribution >= 0.6 is 0 Å². The van der Waals surface area contributed by atoms with Crippen molar-refractivity contribution in [2.45, 2.75) is 25.4 Å². The number of amides is 1. The van der Waals surface area contributed by atoms with Crippen molar-refractivity contribution in [3.05, 3.63) is 64.2 Å². The van der Waals surface area contributed by atoms with E-state index in [2.05, 4.69) is 5.10 Å². The molecule has 0 aliphatic carbocycles. The van der Waals surface area contributed by atoms with Crippen LogP contribution in [-0.4, -0.2) is 35.3 Å². The lowest BCUT2D eigenvalue weighted by molar-refractivity contribution is -0.484. The number of fused-ring (bicyclic) bond motifs is 1. The molecule has 0 bridgehead atoms. The van der Waals surface area contributed by atoms with Crippen LogP contribution in [0.5, 0.6) is 11.5 Å². The zero-order valence-corrected chi connectivity index (χ0v) is 15.5. The predicted octanol–water partition coefficient (Wildman–Crippen LogP) is 3.00. The molecule has 8 nitrogen and oxygen atoms in total. The summed E-state index contributed by atoms with van der Waals surface area (Å²) >= 11 is 0. The lowest BCUT2D eigenvalue weighted by atomic mass is 9.80. The molecule has 2 aliphatic heterocycles. The number of ether oxygens (including phenoxy) is 2. The molecule has 144 valence electrons. The molecule has 0 radical (unpaired) electrons. The van der Waals surface area contributed by atoms with Crippen molar-refractivity contribution in [3.8, 4) is 11.5 Å². The second-order valence-electron chi connectivity index (χ2n) is 6.65. The van der Waals surface area contributed by atoms with Crippen LogP contribution in [0.4, 0.5) is 5.69 Å². The van der Waals surface area contributed by atoms with E-state index in [1.54, 1.807) is 49.4 Å². The van der Waals surface area contributed by atoms with E-state index in [0.29, 0.717) is 35.1 Å². The molecule has 2 aliphatic rings. The standard InChI is InChI=1S/C20H19N3O5/c1-3-27-17-11-7-10-15-16(12-22(25)26)20(28-18(15)17)13(2)21-23(19(20)24)14-8-5-4-6-9-14/h4-11,16H,3,12H2,1-2H3/t16-,20+/m0/s1. The van der Waals surface area contributed by atoms with Gasteiger partial charge in [0.15, 0.2) is 11.5 Å². The second kappa shape index (κ2) is 6.63. The van der Waals surface area contributed by atoms with Gasteiger partial charge in [0.1, 0.15) is 5.92 Å². The third-order valence-electron chi connectivity index (χ3n) is 5.07. The lowest BCUT2D eigenvalue weighted by Crippen LogP contribution is -2.54. The van der Waals surface area contributed by atoms with Gasteiger partial charge in [-0.1, -0.05) is 30.3 Å². The van der Waals surface area contributed by atoms with Gasteiger partial charge in [-0.05, 0) is 32.0 Å². The molecule has 2 aromatic rings. The van der Waals surface area contributed by atoms with Gasteiger partial charge in [-0.2, -0.15) is 10.1 Å². The second-order valence-corrected chi connectivity index (χ2v) is 6.65. The Bertz CT molecular complexity index is 975. The highest BCUT2D eigenvalue weighted by Crippen LogP contribution is 2.52. The first-order chi connectivity index (χ1) is 13.5. The van der Waals surface area contributed by atoms with Gasteiger partial charge in [0.05, 0.1) is 18.0 Å². The van der Waals surface area contributed by atoms with E-state index in [9.17, 15) is 14.9 Å². The Morgan fingerprint density at radius 1 is 1.25 bits per heavy atom. The number of nitro groups is 1. The number of rotatable bonds is 5. The van der Waals surface area contributed by atoms with E-state index in [1.165, 1.54) is 5.01 Å². The highest BCUT2D eigenvalue weighted by atomic mass is 16.6. The number of hydrogen-bond donors (Lipinski definition) is 0. The Kier molecular flexibility index (Phi) is 4.26. The van der Waals surface area contributed by atoms with Crippen molar-refractivity contribution < 1.29 is 19.2 Å². The van der Waals surface area contributed by atoms with Crippen molar-refractivity contribution in [1.29, 1.82) is 0 Å². The summed E-state index contributed by atoms with van der Waals surface area (Å²) in [5.74, 6) is -0.414. The van der Waals surface area contributed by atoms with E-state index in [1.807, 2.05) is 13.0 Å². The van der Waals surface area contributed by atoms with E-state index < -0.39 is 28.9 Å². The van der Waals surface area contributed by atoms with Crippen LogP contribution in [0.1, 0.15) is 25.3 Å². The SMILES string of the molecule is CCOc1cccc2c1O[C@@]1(C(=O)N(c3ccccc3)N=C1C)[C@H]2C[N+](=O)[O-]. The molecule has 0 N–H and O–H groups in total. The van der Waals surface area contributed by atoms with E-state index in [0.717, 1.165) is 0 Å². The predicted molar refractivity (Wildman–Crippen MR) is 103 cm³/mol. The first-order valence-electron chi connectivity index (χ1n) is 9.00. The summed E-state index contributed by atoms with van der Waals surface area (Å²) in [7, 11) is 0. The molecular weight excluding hydrogens is 362 g/mol. The molecule has 8 heteroatoms. The summed E-state index contributed by atoms with van der Waals surface area (Å²) < 4.78 is 11.8. The highest BCUT2D eigenvalue weighted by Gasteiger charge is 2.64. The van der Waals surface area contributed by atoms with Crippen LogP contribution in [0.25, 0.3) is 0 Å². The number of nitrogens with zero attached hydrogens (tertiary/aromatic N) is 3. The maximum Gasteiger partial charge on any atom is 0.298 e. The molecule has 2 atom stereocenters. The summed E-state index contributed by atoms with van der Waals surface area (Å²) in [6.07, 6.45) is 0. The molecule has 0 aromatic heterocycles. The maximum absolute atomic E-state index is 13.5. The quantitative estimate of drug-likeness (QED) is 0.586. The number of carbonyl (C=O) groups excluding carboxylic acids is 1. The minimum Gasteiger partial charge on any atom is -0.490 e. The van der Waals surface area contributed by atoms with E-state index >= 15 is 0 Å². The van der Waals surface area contributed by atoms with Crippen molar-refractivity contribution in [3.63, 3.8) is 0 Å². The van der Waals surface area contributed by atoms with Gasteiger partial charge < -0.3 is 9.47 Å².